The Morgan fingerprint density at radius 1 is 1.02 bits per heavy atom. The highest BCUT2D eigenvalue weighted by Crippen LogP contribution is 2.47. The normalized spacial score (nSPS) is 19.9. The van der Waals surface area contributed by atoms with E-state index in [-0.39, 0.29) is 37.1 Å². The Labute approximate surface area is 247 Å². The van der Waals surface area contributed by atoms with Crippen LogP contribution in [0.2, 0.25) is 0 Å². The molecular weight excluding hydrogens is 530 g/mol. The zero-order valence-corrected chi connectivity index (χ0v) is 24.7. The summed E-state index contributed by atoms with van der Waals surface area (Å²) in [5.41, 5.74) is 6.42. The van der Waals surface area contributed by atoms with E-state index in [1.165, 1.54) is 0 Å². The summed E-state index contributed by atoms with van der Waals surface area (Å²) < 4.78 is 17.0. The molecule has 0 radical (unpaired) electrons. The van der Waals surface area contributed by atoms with Crippen LogP contribution in [-0.2, 0) is 22.4 Å². The Morgan fingerprint density at radius 3 is 2.45 bits per heavy atom. The number of nitrogens with one attached hydrogen (secondary N) is 1. The van der Waals surface area contributed by atoms with Gasteiger partial charge in [0.1, 0.15) is 0 Å². The molecule has 3 aromatic carbocycles. The van der Waals surface area contributed by atoms with Gasteiger partial charge >= 0.3 is 0 Å². The number of para-hydroxylation sites is 1. The van der Waals surface area contributed by atoms with Crippen LogP contribution in [0.5, 0.6) is 17.2 Å². The topological polar surface area (TPSA) is 80.3 Å². The van der Waals surface area contributed by atoms with Gasteiger partial charge in [-0.1, -0.05) is 44.2 Å². The largest absolute Gasteiger partial charge is 0.493 e. The van der Waals surface area contributed by atoms with Crippen LogP contribution in [0.15, 0.2) is 54.6 Å². The van der Waals surface area contributed by atoms with E-state index in [4.69, 9.17) is 14.2 Å². The average Bonchev–Trinajstić information content (AvgIpc) is 3.76. The minimum absolute atomic E-state index is 0.0150. The summed E-state index contributed by atoms with van der Waals surface area (Å²) in [6.45, 7) is 6.16. The molecule has 0 aliphatic carbocycles. The van der Waals surface area contributed by atoms with E-state index in [2.05, 4.69) is 54.4 Å². The molecule has 3 heterocycles. The summed E-state index contributed by atoms with van der Waals surface area (Å²) >= 11 is 0. The van der Waals surface area contributed by atoms with E-state index in [1.807, 2.05) is 29.2 Å². The monoisotopic (exact) mass is 569 g/mol. The molecule has 2 saturated heterocycles. The minimum Gasteiger partial charge on any atom is -0.493 e. The molecule has 220 valence electrons. The summed E-state index contributed by atoms with van der Waals surface area (Å²) in [4.78, 5) is 30.0. The molecule has 8 nitrogen and oxygen atoms in total. The van der Waals surface area contributed by atoms with Gasteiger partial charge in [-0.05, 0) is 78.1 Å². The van der Waals surface area contributed by atoms with Crippen LogP contribution in [0.3, 0.4) is 0 Å². The Morgan fingerprint density at radius 2 is 1.79 bits per heavy atom. The number of amides is 2. The molecule has 6 rings (SSSR count). The van der Waals surface area contributed by atoms with Gasteiger partial charge in [0.15, 0.2) is 11.5 Å². The summed E-state index contributed by atoms with van der Waals surface area (Å²) in [5.74, 6) is 2.33. The molecule has 0 unspecified atom stereocenters. The van der Waals surface area contributed by atoms with Crippen molar-refractivity contribution in [1.82, 2.24) is 4.90 Å². The fraction of sp³-hybridized carbons (Fsp3) is 0.412. The van der Waals surface area contributed by atoms with Gasteiger partial charge in [-0.2, -0.15) is 0 Å². The minimum atomic E-state index is -0.0150. The Hall–Kier alpha value is -4.04. The Bertz CT molecular complexity index is 1450. The Balaban J connectivity index is 1.27. The molecule has 0 saturated carbocycles. The lowest BCUT2D eigenvalue weighted by atomic mass is 9.93. The van der Waals surface area contributed by atoms with E-state index in [0.717, 1.165) is 65.9 Å². The summed E-state index contributed by atoms with van der Waals surface area (Å²) in [6.07, 6.45) is 4.05. The quantitative estimate of drug-likeness (QED) is 0.349. The number of ether oxygens (including phenoxy) is 3. The maximum absolute atomic E-state index is 13.6. The Kier molecular flexibility index (Phi) is 8.07. The van der Waals surface area contributed by atoms with Crippen LogP contribution in [0, 0.1) is 0 Å². The van der Waals surface area contributed by atoms with Gasteiger partial charge < -0.3 is 24.4 Å². The van der Waals surface area contributed by atoms with Crippen LogP contribution in [-0.4, -0.2) is 50.3 Å². The van der Waals surface area contributed by atoms with Crippen molar-refractivity contribution in [3.05, 3.63) is 76.9 Å². The molecule has 8 heteroatoms. The van der Waals surface area contributed by atoms with Gasteiger partial charge in [0.05, 0.1) is 13.7 Å². The van der Waals surface area contributed by atoms with Crippen molar-refractivity contribution in [3.63, 3.8) is 0 Å². The van der Waals surface area contributed by atoms with Gasteiger partial charge in [0.2, 0.25) is 24.4 Å². The van der Waals surface area contributed by atoms with E-state index >= 15 is 0 Å². The first kappa shape index (κ1) is 28.1. The van der Waals surface area contributed by atoms with Gasteiger partial charge in [0.25, 0.3) is 0 Å². The van der Waals surface area contributed by atoms with E-state index in [9.17, 15) is 9.59 Å². The molecule has 0 aromatic heterocycles. The van der Waals surface area contributed by atoms with Crippen molar-refractivity contribution in [2.24, 2.45) is 0 Å². The molecule has 1 N–H and O–H groups in total. The highest BCUT2D eigenvalue weighted by atomic mass is 16.7. The SMILES string of the molecule is CCc1cccc(CC)c1NC(=O)CN1C[C@H](c2cc(OC)c3c(c2)OCO3)C[C@@H]1c1ccc(N2CCCC2=O)cc1. The standard InChI is InChI=1S/C34H39N3O5/c1-4-22-8-6-9-23(5-2)33(22)35-31(38)20-36-19-26(25-17-29(40-3)34-30(18-25)41-21-42-34)16-28(36)24-11-13-27(14-12-24)37-15-7-10-32(37)39/h6,8-9,11-14,17-18,26,28H,4-5,7,10,15-16,19-21H2,1-3H3,(H,35,38)/t26-,28-/m1/s1. The fourth-order valence-electron chi connectivity index (χ4n) is 6.62. The molecule has 3 aliphatic rings. The lowest BCUT2D eigenvalue weighted by Crippen LogP contribution is -2.33. The second kappa shape index (κ2) is 12.1. The molecule has 3 aromatic rings. The number of hydrogen-bond donors (Lipinski definition) is 1. The summed E-state index contributed by atoms with van der Waals surface area (Å²) in [5, 5.41) is 3.26. The van der Waals surface area contributed by atoms with Crippen molar-refractivity contribution >= 4 is 23.2 Å². The highest BCUT2D eigenvalue weighted by molar-refractivity contribution is 5.95. The summed E-state index contributed by atoms with van der Waals surface area (Å²) in [7, 11) is 1.64. The van der Waals surface area contributed by atoms with Gasteiger partial charge in [0, 0.05) is 36.9 Å². The molecule has 2 atom stereocenters. The fourth-order valence-corrected chi connectivity index (χ4v) is 6.62. The maximum atomic E-state index is 13.6. The van der Waals surface area contributed by atoms with Gasteiger partial charge in [-0.15, -0.1) is 0 Å². The number of hydrogen-bond acceptors (Lipinski definition) is 6. The zero-order chi connectivity index (χ0) is 29.2. The third-order valence-corrected chi connectivity index (χ3v) is 8.83. The predicted octanol–water partition coefficient (Wildman–Crippen LogP) is 5.84. The van der Waals surface area contributed by atoms with Crippen molar-refractivity contribution in [1.29, 1.82) is 0 Å². The van der Waals surface area contributed by atoms with E-state index in [1.54, 1.807) is 7.11 Å². The van der Waals surface area contributed by atoms with Crippen LogP contribution in [0.25, 0.3) is 0 Å². The molecule has 2 amide bonds. The van der Waals surface area contributed by atoms with Gasteiger partial charge in [-0.3, -0.25) is 14.5 Å². The van der Waals surface area contributed by atoms with Crippen LogP contribution < -0.4 is 24.4 Å². The second-order valence-corrected chi connectivity index (χ2v) is 11.3. The highest BCUT2D eigenvalue weighted by Gasteiger charge is 2.36. The maximum Gasteiger partial charge on any atom is 0.238 e. The molecule has 2 fully saturated rings. The van der Waals surface area contributed by atoms with Gasteiger partial charge in [-0.25, -0.2) is 0 Å². The lowest BCUT2D eigenvalue weighted by Gasteiger charge is -2.25. The first-order chi connectivity index (χ1) is 20.5. The van der Waals surface area contributed by atoms with Crippen molar-refractivity contribution in [3.8, 4) is 17.2 Å². The number of carbonyl (C=O) groups excluding carboxylic acids is 2. The number of fused-ring (bicyclic) bond motifs is 1. The number of rotatable bonds is 9. The number of nitrogens with zero attached hydrogens (tertiary/aromatic N) is 2. The second-order valence-electron chi connectivity index (χ2n) is 11.3. The molecular formula is C34H39N3O5. The van der Waals surface area contributed by atoms with E-state index in [0.29, 0.717) is 30.2 Å². The average molecular weight is 570 g/mol. The third-order valence-electron chi connectivity index (χ3n) is 8.83. The van der Waals surface area contributed by atoms with Crippen LogP contribution >= 0.6 is 0 Å². The lowest BCUT2D eigenvalue weighted by molar-refractivity contribution is -0.118. The number of anilines is 2. The van der Waals surface area contributed by atoms with Crippen LogP contribution in [0.4, 0.5) is 11.4 Å². The van der Waals surface area contributed by atoms with E-state index < -0.39 is 0 Å². The molecule has 0 bridgehead atoms. The number of likely N-dealkylation sites (tertiary alicyclic amines) is 1. The number of aryl methyl sites for hydroxylation is 2. The summed E-state index contributed by atoms with van der Waals surface area (Å²) in [6, 6.07) is 18.7. The predicted molar refractivity (Wildman–Crippen MR) is 163 cm³/mol. The molecule has 0 spiro atoms. The zero-order valence-electron chi connectivity index (χ0n) is 24.7. The van der Waals surface area contributed by atoms with Crippen molar-refractivity contribution in [2.45, 2.75) is 57.9 Å². The van der Waals surface area contributed by atoms with Crippen molar-refractivity contribution in [2.75, 3.05) is 43.8 Å². The first-order valence-corrected chi connectivity index (χ1v) is 15.0. The van der Waals surface area contributed by atoms with Crippen molar-refractivity contribution < 1.29 is 23.8 Å². The first-order valence-electron chi connectivity index (χ1n) is 15.0. The smallest absolute Gasteiger partial charge is 0.238 e. The number of methoxy groups -OCH3 is 1. The molecule has 3 aliphatic heterocycles. The number of carbonyl (C=O) groups is 2. The molecule has 42 heavy (non-hydrogen) atoms. The van der Waals surface area contributed by atoms with Crippen LogP contribution in [0.1, 0.15) is 67.3 Å². The number of benzene rings is 3. The third kappa shape index (κ3) is 5.43.